The number of aromatic nitrogens is 2. The maximum atomic E-state index is 14.0. The molecule has 3 aliphatic rings. The van der Waals surface area contributed by atoms with Crippen LogP contribution < -0.4 is 15.6 Å². The number of hydrogen-bond acceptors (Lipinski definition) is 6. The molecule has 0 atom stereocenters. The average Bonchev–Trinajstić information content (AvgIpc) is 3.53. The number of anilines is 2. The summed E-state index contributed by atoms with van der Waals surface area (Å²) >= 11 is 0. The van der Waals surface area contributed by atoms with Crippen molar-refractivity contribution >= 4 is 23.2 Å². The number of ketones is 1. The third kappa shape index (κ3) is 4.49. The van der Waals surface area contributed by atoms with Crippen LogP contribution in [0.1, 0.15) is 54.9 Å². The molecule has 1 aromatic heterocycles. The molecule has 2 fully saturated rings. The van der Waals surface area contributed by atoms with E-state index in [1.165, 1.54) is 17.1 Å². The Morgan fingerprint density at radius 3 is 2.41 bits per heavy atom. The molecule has 3 N–H and O–H groups in total. The number of hydrogen-bond donors (Lipinski definition) is 2. The van der Waals surface area contributed by atoms with E-state index in [0.29, 0.717) is 28.2 Å². The summed E-state index contributed by atoms with van der Waals surface area (Å²) in [5.41, 5.74) is 11.6. The topological polar surface area (TPSA) is 102 Å². The number of nitrogens with zero attached hydrogens (tertiary/aromatic N) is 5. The zero-order valence-corrected chi connectivity index (χ0v) is 22.8. The van der Waals surface area contributed by atoms with Gasteiger partial charge in [0, 0.05) is 56.1 Å². The molecule has 2 aromatic carbocycles. The van der Waals surface area contributed by atoms with Crippen molar-refractivity contribution in [2.75, 3.05) is 49.7 Å². The predicted molar refractivity (Wildman–Crippen MR) is 154 cm³/mol. The number of carbonyl (C=O) groups is 2. The second-order valence-electron chi connectivity index (χ2n) is 10.8. The number of hydrazine groups is 1. The Morgan fingerprint density at radius 2 is 1.74 bits per heavy atom. The van der Waals surface area contributed by atoms with E-state index < -0.39 is 6.03 Å². The molecular weight excluding hydrogens is 490 g/mol. The second-order valence-corrected chi connectivity index (χ2v) is 10.8. The number of fused-ring (bicyclic) bond motifs is 3. The fraction of sp³-hybridized carbons (Fsp3) is 0.433. The van der Waals surface area contributed by atoms with E-state index in [0.717, 1.165) is 69.5 Å². The lowest BCUT2D eigenvalue weighted by atomic mass is 9.95. The highest BCUT2D eigenvalue weighted by Crippen LogP contribution is 2.44. The molecule has 1 aliphatic heterocycles. The molecular formula is C30H37N7O2. The van der Waals surface area contributed by atoms with Gasteiger partial charge in [-0.3, -0.25) is 9.89 Å². The van der Waals surface area contributed by atoms with Crippen molar-refractivity contribution in [1.82, 2.24) is 20.1 Å². The van der Waals surface area contributed by atoms with Gasteiger partial charge in [-0.25, -0.2) is 14.8 Å². The van der Waals surface area contributed by atoms with Crippen molar-refractivity contribution in [2.24, 2.45) is 5.73 Å². The van der Waals surface area contributed by atoms with E-state index in [2.05, 4.69) is 39.1 Å². The summed E-state index contributed by atoms with van der Waals surface area (Å²) < 4.78 is 0. The van der Waals surface area contributed by atoms with Gasteiger partial charge in [0.1, 0.15) is 5.69 Å². The van der Waals surface area contributed by atoms with Crippen LogP contribution in [0.4, 0.5) is 16.2 Å². The highest BCUT2D eigenvalue weighted by molar-refractivity contribution is 6.27. The highest BCUT2D eigenvalue weighted by Gasteiger charge is 2.38. The molecule has 0 bridgehead atoms. The molecule has 3 aromatic rings. The number of primary amides is 1. The van der Waals surface area contributed by atoms with Gasteiger partial charge in [0.2, 0.25) is 0 Å². The molecule has 0 spiro atoms. The molecule has 204 valence electrons. The van der Waals surface area contributed by atoms with E-state index in [9.17, 15) is 9.59 Å². The van der Waals surface area contributed by atoms with Gasteiger partial charge in [-0.15, -0.1) is 0 Å². The summed E-state index contributed by atoms with van der Waals surface area (Å²) in [7, 11) is 1.90. The minimum Gasteiger partial charge on any atom is -0.369 e. The second kappa shape index (κ2) is 10.5. The number of likely N-dealkylation sites (N-methyl/N-ethyl adjacent to an activating group) is 1. The maximum Gasteiger partial charge on any atom is 0.334 e. The van der Waals surface area contributed by atoms with Crippen LogP contribution >= 0.6 is 0 Å². The first kappa shape index (κ1) is 25.6. The fourth-order valence-electron chi connectivity index (χ4n) is 6.47. The van der Waals surface area contributed by atoms with Gasteiger partial charge in [-0.1, -0.05) is 50.5 Å². The van der Waals surface area contributed by atoms with Gasteiger partial charge in [0.25, 0.3) is 0 Å². The highest BCUT2D eigenvalue weighted by atomic mass is 16.2. The van der Waals surface area contributed by atoms with Gasteiger partial charge in [-0.05, 0) is 37.6 Å². The van der Waals surface area contributed by atoms with Gasteiger partial charge in [0.15, 0.2) is 5.78 Å². The smallest absolute Gasteiger partial charge is 0.334 e. The van der Waals surface area contributed by atoms with Gasteiger partial charge in [0.05, 0.1) is 22.5 Å². The van der Waals surface area contributed by atoms with Crippen molar-refractivity contribution in [3.63, 3.8) is 0 Å². The maximum absolute atomic E-state index is 14.0. The molecule has 39 heavy (non-hydrogen) atoms. The number of rotatable bonds is 6. The standard InChI is InChI=1S/C30H37N7O2/c1-3-35-16-18-36(19-17-35)22-14-12-20(13-15-22)27-26-28(33-32-27)23-10-7-11-24(25(23)29(26)38)37(30(31)39)34(2)21-8-5-4-6-9-21/h7,10-15,21H,3-6,8-9,16-19H2,1-2H3,(H2,31,39)(H,32,33). The van der Waals surface area contributed by atoms with Gasteiger partial charge < -0.3 is 15.5 Å². The number of aromatic amines is 1. The predicted octanol–water partition coefficient (Wildman–Crippen LogP) is 4.49. The summed E-state index contributed by atoms with van der Waals surface area (Å²) in [6.07, 6.45) is 5.46. The van der Waals surface area contributed by atoms with Crippen molar-refractivity contribution < 1.29 is 9.59 Å². The van der Waals surface area contributed by atoms with Crippen LogP contribution in [-0.4, -0.2) is 77.7 Å². The molecule has 0 unspecified atom stereocenters. The Morgan fingerprint density at radius 1 is 1.03 bits per heavy atom. The zero-order chi connectivity index (χ0) is 27.1. The number of piperazine rings is 1. The summed E-state index contributed by atoms with van der Waals surface area (Å²) in [5, 5.41) is 11.1. The monoisotopic (exact) mass is 527 g/mol. The molecule has 1 saturated heterocycles. The van der Waals surface area contributed by atoms with Crippen LogP contribution in [0, 0.1) is 0 Å². The third-order valence-corrected chi connectivity index (χ3v) is 8.71. The Kier molecular flexibility index (Phi) is 6.86. The Bertz CT molecular complexity index is 1370. The summed E-state index contributed by atoms with van der Waals surface area (Å²) in [6.45, 7) is 7.44. The van der Waals surface area contributed by atoms with Gasteiger partial charge >= 0.3 is 6.03 Å². The molecule has 6 rings (SSSR count). The lowest BCUT2D eigenvalue weighted by molar-refractivity contribution is 0.104. The molecule has 2 aliphatic carbocycles. The SMILES string of the molecule is CCN1CCN(c2ccc(-c3n[nH]c4c3C(=O)c3c-4cccc3N(C(N)=O)N(C)C3CCCCC3)cc2)CC1. The van der Waals surface area contributed by atoms with Gasteiger partial charge in [-0.2, -0.15) is 5.10 Å². The first-order chi connectivity index (χ1) is 19.0. The third-order valence-electron chi connectivity index (χ3n) is 8.71. The summed E-state index contributed by atoms with van der Waals surface area (Å²) in [5.74, 6) is -0.137. The number of carbonyl (C=O) groups excluding carboxylic acids is 2. The first-order valence-electron chi connectivity index (χ1n) is 14.1. The van der Waals surface area contributed by atoms with Crippen LogP contribution in [0.15, 0.2) is 42.5 Å². The number of nitrogens with one attached hydrogen (secondary N) is 1. The number of nitrogens with two attached hydrogens (primary N) is 1. The molecule has 9 nitrogen and oxygen atoms in total. The summed E-state index contributed by atoms with van der Waals surface area (Å²) in [6, 6.07) is 13.5. The van der Waals surface area contributed by atoms with Crippen molar-refractivity contribution in [2.45, 2.75) is 45.1 Å². The van der Waals surface area contributed by atoms with E-state index in [-0.39, 0.29) is 11.8 Å². The lowest BCUT2D eigenvalue weighted by Crippen LogP contribution is -2.52. The van der Waals surface area contributed by atoms with Crippen LogP contribution in [0.3, 0.4) is 0 Å². The van der Waals surface area contributed by atoms with Crippen molar-refractivity contribution in [3.8, 4) is 22.5 Å². The molecule has 0 radical (unpaired) electrons. The average molecular weight is 528 g/mol. The van der Waals surface area contributed by atoms with E-state index in [1.807, 2.05) is 42.4 Å². The molecule has 2 heterocycles. The van der Waals surface area contributed by atoms with Crippen LogP contribution in [0.25, 0.3) is 22.5 Å². The normalized spacial score (nSPS) is 17.9. The Hall–Kier alpha value is -3.69. The zero-order valence-electron chi connectivity index (χ0n) is 22.8. The van der Waals surface area contributed by atoms with Crippen molar-refractivity contribution in [3.05, 3.63) is 53.6 Å². The van der Waals surface area contributed by atoms with Crippen LogP contribution in [0.5, 0.6) is 0 Å². The van der Waals surface area contributed by atoms with E-state index in [4.69, 9.17) is 5.73 Å². The molecule has 2 amide bonds. The lowest BCUT2D eigenvalue weighted by Gasteiger charge is -2.39. The van der Waals surface area contributed by atoms with Crippen molar-refractivity contribution in [1.29, 1.82) is 0 Å². The Labute approximate surface area is 229 Å². The quantitative estimate of drug-likeness (QED) is 0.358. The number of amides is 2. The number of urea groups is 1. The van der Waals surface area contributed by atoms with E-state index >= 15 is 0 Å². The minimum absolute atomic E-state index is 0.137. The van der Waals surface area contributed by atoms with Crippen LogP contribution in [-0.2, 0) is 0 Å². The minimum atomic E-state index is -0.589. The number of benzene rings is 2. The largest absolute Gasteiger partial charge is 0.369 e. The van der Waals surface area contributed by atoms with Crippen LogP contribution in [0.2, 0.25) is 0 Å². The number of H-pyrrole nitrogens is 1. The Balaban J connectivity index is 1.30. The fourth-order valence-corrected chi connectivity index (χ4v) is 6.47. The first-order valence-corrected chi connectivity index (χ1v) is 14.1. The summed E-state index contributed by atoms with van der Waals surface area (Å²) in [4.78, 5) is 31.6. The molecule has 9 heteroatoms. The van der Waals surface area contributed by atoms with E-state index in [1.54, 1.807) is 0 Å². The molecule has 1 saturated carbocycles.